The Hall–Kier alpha value is -2.66. The van der Waals surface area contributed by atoms with Gasteiger partial charge in [-0.15, -0.1) is 0 Å². The van der Waals surface area contributed by atoms with Crippen LogP contribution in [-0.4, -0.2) is 20.6 Å². The lowest BCUT2D eigenvalue weighted by atomic mass is 10.0. The van der Waals surface area contributed by atoms with E-state index in [1.165, 1.54) is 0 Å². The molecule has 0 spiro atoms. The normalized spacial score (nSPS) is 13.5. The average molecular weight is 326 g/mol. The van der Waals surface area contributed by atoms with Gasteiger partial charge in [-0.05, 0) is 37.3 Å². The summed E-state index contributed by atoms with van der Waals surface area (Å²) in [5.74, 6) is -0.357. The first-order valence-corrected chi connectivity index (χ1v) is 7.59. The van der Waals surface area contributed by atoms with Gasteiger partial charge in [-0.2, -0.15) is 0 Å². The van der Waals surface area contributed by atoms with Crippen molar-refractivity contribution in [3.8, 4) is 5.88 Å². The molecule has 1 aliphatic heterocycles. The first-order chi connectivity index (χ1) is 11.1. The molecule has 6 heteroatoms. The molecule has 0 radical (unpaired) electrons. The van der Waals surface area contributed by atoms with E-state index in [1.54, 1.807) is 35.0 Å². The lowest BCUT2D eigenvalue weighted by Gasteiger charge is -2.02. The largest absolute Gasteiger partial charge is 0.494 e. The van der Waals surface area contributed by atoms with E-state index in [0.717, 1.165) is 5.39 Å². The summed E-state index contributed by atoms with van der Waals surface area (Å²) < 4.78 is 1.67. The molecule has 1 N–H and O–H groups in total. The Morgan fingerprint density at radius 2 is 2.13 bits per heavy atom. The molecule has 0 unspecified atom stereocenters. The number of rotatable bonds is 2. The van der Waals surface area contributed by atoms with Crippen molar-refractivity contribution >= 4 is 34.1 Å². The van der Waals surface area contributed by atoms with Crippen LogP contribution in [0, 0.1) is 0 Å². The van der Waals surface area contributed by atoms with Gasteiger partial charge in [0.1, 0.15) is 5.65 Å². The van der Waals surface area contributed by atoms with Crippen LogP contribution in [0.2, 0.25) is 5.02 Å². The number of aromatic nitrogens is 2. The maximum Gasteiger partial charge on any atom is 0.279 e. The number of hydrogen-bond acceptors (Lipinski definition) is 3. The summed E-state index contributed by atoms with van der Waals surface area (Å²) in [6.45, 7) is 2.45. The summed E-state index contributed by atoms with van der Waals surface area (Å²) in [4.78, 5) is 20.8. The summed E-state index contributed by atoms with van der Waals surface area (Å²) in [6.07, 6.45) is 1.66. The second kappa shape index (κ2) is 4.93. The van der Waals surface area contributed by atoms with Crippen LogP contribution in [0.4, 0.5) is 0 Å². The van der Waals surface area contributed by atoms with Crippen LogP contribution in [-0.2, 0) is 11.3 Å². The lowest BCUT2D eigenvalue weighted by molar-refractivity contribution is -0.112. The minimum atomic E-state index is -0.378. The SMILES string of the molecule is CCn1c(O)c(C2=c3cc(Cl)ccc3=NC2=O)c2cccnc21. The second-order valence-corrected chi connectivity index (χ2v) is 5.71. The molecule has 114 valence electrons. The third-order valence-electron chi connectivity index (χ3n) is 4.02. The number of aryl methyl sites for hydroxylation is 1. The van der Waals surface area contributed by atoms with E-state index >= 15 is 0 Å². The molecule has 3 aromatic rings. The van der Waals surface area contributed by atoms with E-state index in [0.29, 0.717) is 38.9 Å². The molecule has 0 fully saturated rings. The fourth-order valence-corrected chi connectivity index (χ4v) is 3.21. The van der Waals surface area contributed by atoms with Crippen LogP contribution >= 0.6 is 11.6 Å². The number of amides is 1. The lowest BCUT2D eigenvalue weighted by Crippen LogP contribution is -2.22. The van der Waals surface area contributed by atoms with Crippen molar-refractivity contribution < 1.29 is 9.90 Å². The molecule has 1 aliphatic rings. The molecule has 4 rings (SSSR count). The minimum Gasteiger partial charge on any atom is -0.494 e. The summed E-state index contributed by atoms with van der Waals surface area (Å²) in [5, 5.41) is 13.1. The van der Waals surface area contributed by atoms with Gasteiger partial charge in [-0.3, -0.25) is 9.36 Å². The molecule has 5 nitrogen and oxygen atoms in total. The first kappa shape index (κ1) is 14.0. The highest BCUT2D eigenvalue weighted by Crippen LogP contribution is 2.35. The molecular formula is C17H12ClN3O2. The van der Waals surface area contributed by atoms with Crippen molar-refractivity contribution in [2.24, 2.45) is 4.99 Å². The van der Waals surface area contributed by atoms with E-state index in [9.17, 15) is 9.90 Å². The van der Waals surface area contributed by atoms with E-state index < -0.39 is 0 Å². The number of carbonyl (C=O) groups is 1. The number of carbonyl (C=O) groups excluding carboxylic acids is 1. The molecule has 1 amide bonds. The number of aromatic hydroxyl groups is 1. The highest BCUT2D eigenvalue weighted by molar-refractivity contribution is 6.31. The zero-order valence-corrected chi connectivity index (χ0v) is 13.0. The second-order valence-electron chi connectivity index (χ2n) is 5.27. The highest BCUT2D eigenvalue weighted by atomic mass is 35.5. The molecule has 3 heterocycles. The van der Waals surface area contributed by atoms with Gasteiger partial charge in [0.15, 0.2) is 0 Å². The van der Waals surface area contributed by atoms with Gasteiger partial charge in [0.25, 0.3) is 5.91 Å². The monoisotopic (exact) mass is 325 g/mol. The average Bonchev–Trinajstić information content (AvgIpc) is 3.00. The Balaban J connectivity index is 2.20. The van der Waals surface area contributed by atoms with Crippen molar-refractivity contribution in [1.29, 1.82) is 0 Å². The minimum absolute atomic E-state index is 0.0209. The summed E-state index contributed by atoms with van der Waals surface area (Å²) >= 11 is 6.07. The van der Waals surface area contributed by atoms with Crippen molar-refractivity contribution in [1.82, 2.24) is 9.55 Å². The maximum absolute atomic E-state index is 12.4. The van der Waals surface area contributed by atoms with Crippen molar-refractivity contribution in [3.63, 3.8) is 0 Å². The van der Waals surface area contributed by atoms with Crippen molar-refractivity contribution in [3.05, 3.63) is 57.7 Å². The topological polar surface area (TPSA) is 67.5 Å². The molecule has 0 bridgehead atoms. The van der Waals surface area contributed by atoms with Gasteiger partial charge in [-0.1, -0.05) is 11.6 Å². The molecule has 1 aromatic carbocycles. The van der Waals surface area contributed by atoms with Gasteiger partial charge in [0.05, 0.1) is 16.5 Å². The molecule has 0 saturated carbocycles. The molecule has 2 aromatic heterocycles. The standard InChI is InChI=1S/C17H12ClN3O2/c1-2-21-15-10(4-3-7-19-15)14(17(21)23)13-11-8-9(18)5-6-12(11)20-16(13)22/h3-8,23H,2H2,1H3. The maximum atomic E-state index is 12.4. The molecule has 0 atom stereocenters. The Morgan fingerprint density at radius 3 is 2.91 bits per heavy atom. The molecule has 23 heavy (non-hydrogen) atoms. The summed E-state index contributed by atoms with van der Waals surface area (Å²) in [6, 6.07) is 8.72. The summed E-state index contributed by atoms with van der Waals surface area (Å²) in [5.41, 5.74) is 1.47. The highest BCUT2D eigenvalue weighted by Gasteiger charge is 2.27. The number of halogens is 1. The van der Waals surface area contributed by atoms with Crippen molar-refractivity contribution in [2.75, 3.05) is 0 Å². The van der Waals surface area contributed by atoms with Crippen LogP contribution < -0.4 is 10.6 Å². The van der Waals surface area contributed by atoms with Gasteiger partial charge < -0.3 is 5.11 Å². The fraction of sp³-hybridized carbons (Fsp3) is 0.118. The Bertz CT molecular complexity index is 1100. The number of nitrogens with zero attached hydrogens (tertiary/aromatic N) is 3. The van der Waals surface area contributed by atoms with E-state index in [4.69, 9.17) is 11.6 Å². The summed E-state index contributed by atoms with van der Waals surface area (Å²) in [7, 11) is 0. The smallest absolute Gasteiger partial charge is 0.279 e. The third-order valence-corrected chi connectivity index (χ3v) is 4.26. The van der Waals surface area contributed by atoms with Crippen LogP contribution in [0.5, 0.6) is 5.88 Å². The van der Waals surface area contributed by atoms with Crippen LogP contribution in [0.15, 0.2) is 41.5 Å². The Labute approximate surface area is 136 Å². The first-order valence-electron chi connectivity index (χ1n) is 7.21. The quantitative estimate of drug-likeness (QED) is 0.781. The van der Waals surface area contributed by atoms with Gasteiger partial charge in [-0.25, -0.2) is 9.98 Å². The van der Waals surface area contributed by atoms with Gasteiger partial charge in [0, 0.05) is 28.4 Å². The van der Waals surface area contributed by atoms with Crippen molar-refractivity contribution in [2.45, 2.75) is 13.5 Å². The van der Waals surface area contributed by atoms with E-state index in [-0.39, 0.29) is 11.8 Å². The van der Waals surface area contributed by atoms with E-state index in [1.807, 2.05) is 13.0 Å². The Kier molecular flexibility index (Phi) is 2.99. The molecular weight excluding hydrogens is 314 g/mol. The van der Waals surface area contributed by atoms with Crippen LogP contribution in [0.1, 0.15) is 12.5 Å². The van der Waals surface area contributed by atoms with E-state index in [2.05, 4.69) is 9.98 Å². The van der Waals surface area contributed by atoms with Crippen LogP contribution in [0.3, 0.4) is 0 Å². The molecule has 0 aliphatic carbocycles. The zero-order chi connectivity index (χ0) is 16.1. The fourth-order valence-electron chi connectivity index (χ4n) is 3.04. The van der Waals surface area contributed by atoms with Gasteiger partial charge >= 0.3 is 0 Å². The molecule has 0 saturated heterocycles. The number of fused-ring (bicyclic) bond motifs is 2. The predicted molar refractivity (Wildman–Crippen MR) is 86.8 cm³/mol. The zero-order valence-electron chi connectivity index (χ0n) is 12.2. The number of pyridine rings is 1. The third kappa shape index (κ3) is 1.90. The van der Waals surface area contributed by atoms with Crippen LogP contribution in [0.25, 0.3) is 16.6 Å². The number of hydrogen-bond donors (Lipinski definition) is 1. The Morgan fingerprint density at radius 1 is 1.30 bits per heavy atom. The van der Waals surface area contributed by atoms with Gasteiger partial charge in [0.2, 0.25) is 5.88 Å². The predicted octanol–water partition coefficient (Wildman–Crippen LogP) is 1.77. The number of benzene rings is 1.